The maximum atomic E-state index is 13.4. The van der Waals surface area contributed by atoms with E-state index in [1.165, 1.54) is 18.0 Å². The summed E-state index contributed by atoms with van der Waals surface area (Å²) in [5.41, 5.74) is 1.88. The van der Waals surface area contributed by atoms with Crippen LogP contribution in [-0.4, -0.2) is 50.2 Å². The Morgan fingerprint density at radius 2 is 2.03 bits per heavy atom. The molecule has 10 nitrogen and oxygen atoms in total. The van der Waals surface area contributed by atoms with Gasteiger partial charge in [-0.3, -0.25) is 9.59 Å². The molecular formula is C25H24N6O4S2. The molecule has 190 valence electrons. The van der Waals surface area contributed by atoms with E-state index in [1.807, 2.05) is 41.8 Å². The molecule has 1 aromatic carbocycles. The van der Waals surface area contributed by atoms with Crippen LogP contribution < -0.4 is 10.1 Å². The number of amides is 2. The molecule has 37 heavy (non-hydrogen) atoms. The molecule has 3 aromatic heterocycles. The average molecular weight is 537 g/mol. The lowest BCUT2D eigenvalue weighted by Crippen LogP contribution is -2.28. The summed E-state index contributed by atoms with van der Waals surface area (Å²) in [5, 5.41) is 19.9. The van der Waals surface area contributed by atoms with E-state index in [1.54, 1.807) is 47.2 Å². The molecule has 4 heterocycles. The number of hydrazone groups is 1. The minimum absolute atomic E-state index is 0.131. The van der Waals surface area contributed by atoms with Gasteiger partial charge in [-0.2, -0.15) is 5.10 Å². The lowest BCUT2D eigenvalue weighted by molar-refractivity contribution is -0.130. The zero-order chi connectivity index (χ0) is 25.8. The molecule has 0 fully saturated rings. The number of methoxy groups -OCH3 is 1. The van der Waals surface area contributed by atoms with Crippen molar-refractivity contribution in [1.82, 2.24) is 25.1 Å². The van der Waals surface area contributed by atoms with E-state index < -0.39 is 0 Å². The summed E-state index contributed by atoms with van der Waals surface area (Å²) in [6.45, 7) is 0.178. The molecule has 2 amide bonds. The number of furan rings is 1. The van der Waals surface area contributed by atoms with Gasteiger partial charge in [0.2, 0.25) is 0 Å². The van der Waals surface area contributed by atoms with Gasteiger partial charge in [-0.15, -0.1) is 21.5 Å². The highest BCUT2D eigenvalue weighted by molar-refractivity contribution is 7.99. The number of carbonyl (C=O) groups excluding carboxylic acids is 2. The molecule has 0 saturated heterocycles. The topological polar surface area (TPSA) is 115 Å². The summed E-state index contributed by atoms with van der Waals surface area (Å²) in [4.78, 5) is 26.5. The number of rotatable bonds is 9. The van der Waals surface area contributed by atoms with Crippen molar-refractivity contribution in [1.29, 1.82) is 0 Å². The average Bonchev–Trinajstić information content (AvgIpc) is 3.73. The quantitative estimate of drug-likeness (QED) is 0.323. The van der Waals surface area contributed by atoms with Crippen molar-refractivity contribution < 1.29 is 18.7 Å². The molecule has 4 aromatic rings. The second-order valence-electron chi connectivity index (χ2n) is 8.16. The smallest absolute Gasteiger partial charge is 0.287 e. The van der Waals surface area contributed by atoms with Crippen LogP contribution in [0.25, 0.3) is 0 Å². The van der Waals surface area contributed by atoms with Crippen molar-refractivity contribution in [3.63, 3.8) is 0 Å². The fourth-order valence-electron chi connectivity index (χ4n) is 3.89. The van der Waals surface area contributed by atoms with Crippen molar-refractivity contribution >= 4 is 40.6 Å². The van der Waals surface area contributed by atoms with Gasteiger partial charge in [0, 0.05) is 13.5 Å². The lowest BCUT2D eigenvalue weighted by atomic mass is 10.0. The molecule has 0 radical (unpaired) electrons. The van der Waals surface area contributed by atoms with Crippen molar-refractivity contribution in [2.24, 2.45) is 12.1 Å². The van der Waals surface area contributed by atoms with Crippen LogP contribution in [-0.2, 0) is 18.4 Å². The largest absolute Gasteiger partial charge is 0.497 e. The number of thioether (sulfide) groups is 1. The molecule has 0 bridgehead atoms. The second-order valence-corrected chi connectivity index (χ2v) is 10.1. The van der Waals surface area contributed by atoms with Crippen molar-refractivity contribution in [3.8, 4) is 5.75 Å². The highest BCUT2D eigenvalue weighted by Crippen LogP contribution is 2.35. The first-order chi connectivity index (χ1) is 18.0. The van der Waals surface area contributed by atoms with E-state index in [-0.39, 0.29) is 35.9 Å². The van der Waals surface area contributed by atoms with Crippen LogP contribution in [0.15, 0.2) is 74.8 Å². The van der Waals surface area contributed by atoms with E-state index in [2.05, 4.69) is 15.5 Å². The Labute approximate surface area is 221 Å². The first-order valence-corrected chi connectivity index (χ1v) is 13.3. The molecule has 1 aliphatic heterocycles. The SMILES string of the molecule is COc1ccc([C@H]2CC(c3cccs3)=NN2C(=O)CSc2nnc(CNC(=O)c3ccco3)n2C)cc1. The Morgan fingerprint density at radius 3 is 2.73 bits per heavy atom. The first-order valence-electron chi connectivity index (χ1n) is 11.4. The van der Waals surface area contributed by atoms with Gasteiger partial charge in [0.05, 0.1) is 42.3 Å². The monoisotopic (exact) mass is 536 g/mol. The van der Waals surface area contributed by atoms with Crippen LogP contribution in [0.4, 0.5) is 0 Å². The molecule has 1 aliphatic rings. The van der Waals surface area contributed by atoms with Crippen molar-refractivity contribution in [3.05, 3.63) is 82.2 Å². The van der Waals surface area contributed by atoms with Gasteiger partial charge in [-0.1, -0.05) is 30.0 Å². The number of aromatic nitrogens is 3. The Hall–Kier alpha value is -3.90. The fourth-order valence-corrected chi connectivity index (χ4v) is 5.39. The van der Waals surface area contributed by atoms with Crippen LogP contribution in [0.1, 0.15) is 39.3 Å². The van der Waals surface area contributed by atoms with E-state index in [0.717, 1.165) is 21.9 Å². The van der Waals surface area contributed by atoms with Crippen molar-refractivity contribution in [2.75, 3.05) is 12.9 Å². The summed E-state index contributed by atoms with van der Waals surface area (Å²) in [5.74, 6) is 1.21. The molecule has 0 unspecified atom stereocenters. The van der Waals surface area contributed by atoms with E-state index in [0.29, 0.717) is 17.4 Å². The number of nitrogens with one attached hydrogen (secondary N) is 1. The Balaban J connectivity index is 1.26. The Kier molecular flexibility index (Phi) is 7.37. The van der Waals surface area contributed by atoms with Gasteiger partial charge in [-0.05, 0) is 41.3 Å². The predicted molar refractivity (Wildman–Crippen MR) is 140 cm³/mol. The van der Waals surface area contributed by atoms with Gasteiger partial charge >= 0.3 is 0 Å². The Bertz CT molecular complexity index is 1400. The number of benzene rings is 1. The van der Waals surface area contributed by atoms with E-state index >= 15 is 0 Å². The van der Waals surface area contributed by atoms with Crippen LogP contribution in [0.3, 0.4) is 0 Å². The van der Waals surface area contributed by atoms with Crippen molar-refractivity contribution in [2.45, 2.75) is 24.2 Å². The standard InChI is InChI=1S/C25H24N6O4S2/c1-30-22(14-26-24(33)20-5-3-11-35-20)27-28-25(30)37-15-23(32)31-19(16-7-9-17(34-2)10-8-16)13-18(29-31)21-6-4-12-36-21/h3-12,19H,13-15H2,1-2H3,(H,26,33)/t19-/m1/s1. The molecular weight excluding hydrogens is 512 g/mol. The molecule has 0 saturated carbocycles. The zero-order valence-electron chi connectivity index (χ0n) is 20.2. The predicted octanol–water partition coefficient (Wildman–Crippen LogP) is 3.88. The van der Waals surface area contributed by atoms with E-state index in [9.17, 15) is 9.59 Å². The third-order valence-corrected chi connectivity index (χ3v) is 7.80. The number of hydrogen-bond acceptors (Lipinski definition) is 9. The number of nitrogens with zero attached hydrogens (tertiary/aromatic N) is 5. The molecule has 12 heteroatoms. The fraction of sp³-hybridized carbons (Fsp3) is 0.240. The maximum Gasteiger partial charge on any atom is 0.287 e. The van der Waals surface area contributed by atoms with Gasteiger partial charge < -0.3 is 19.0 Å². The third-order valence-electron chi connectivity index (χ3n) is 5.87. The molecule has 1 atom stereocenters. The Morgan fingerprint density at radius 1 is 1.19 bits per heavy atom. The van der Waals surface area contributed by atoms with Crippen LogP contribution in [0.5, 0.6) is 5.75 Å². The summed E-state index contributed by atoms with van der Waals surface area (Å²) in [7, 11) is 3.42. The normalized spacial score (nSPS) is 15.0. The van der Waals surface area contributed by atoms with Crippen LogP contribution >= 0.6 is 23.1 Å². The zero-order valence-corrected chi connectivity index (χ0v) is 21.8. The summed E-state index contributed by atoms with van der Waals surface area (Å²) < 4.78 is 12.1. The van der Waals surface area contributed by atoms with Gasteiger partial charge in [0.25, 0.3) is 11.8 Å². The number of hydrogen-bond donors (Lipinski definition) is 1. The maximum absolute atomic E-state index is 13.4. The number of thiophene rings is 1. The third kappa shape index (κ3) is 5.44. The van der Waals surface area contributed by atoms with Gasteiger partial charge in [0.15, 0.2) is 16.7 Å². The van der Waals surface area contributed by atoms with Gasteiger partial charge in [-0.25, -0.2) is 5.01 Å². The molecule has 1 N–H and O–H groups in total. The summed E-state index contributed by atoms with van der Waals surface area (Å²) in [6.07, 6.45) is 2.07. The van der Waals surface area contributed by atoms with E-state index in [4.69, 9.17) is 14.3 Å². The highest BCUT2D eigenvalue weighted by Gasteiger charge is 2.33. The molecule has 5 rings (SSSR count). The first kappa shape index (κ1) is 24.8. The minimum Gasteiger partial charge on any atom is -0.497 e. The highest BCUT2D eigenvalue weighted by atomic mass is 32.2. The second kappa shape index (κ2) is 11.0. The van der Waals surface area contributed by atoms with Crippen LogP contribution in [0.2, 0.25) is 0 Å². The minimum atomic E-state index is -0.338. The number of ether oxygens (including phenoxy) is 1. The van der Waals surface area contributed by atoms with Crippen LogP contribution in [0, 0.1) is 0 Å². The lowest BCUT2D eigenvalue weighted by Gasteiger charge is -2.22. The molecule has 0 aliphatic carbocycles. The summed E-state index contributed by atoms with van der Waals surface area (Å²) in [6, 6.07) is 14.7. The molecule has 0 spiro atoms. The van der Waals surface area contributed by atoms with Gasteiger partial charge in [0.1, 0.15) is 5.75 Å². The summed E-state index contributed by atoms with van der Waals surface area (Å²) >= 11 is 2.88. The number of carbonyl (C=O) groups is 2.